The number of hydrogen-bond acceptors (Lipinski definition) is 3. The van der Waals surface area contributed by atoms with Gasteiger partial charge in [-0.3, -0.25) is 0 Å². The van der Waals surface area contributed by atoms with Crippen molar-refractivity contribution in [1.82, 2.24) is 0 Å². The Kier molecular flexibility index (Phi) is 4.34. The molecule has 0 aromatic heterocycles. The number of phenols is 1. The maximum Gasteiger partial charge on any atom is 0.211 e. The first-order valence-electron chi connectivity index (χ1n) is 5.06. The lowest BCUT2D eigenvalue weighted by atomic mass is 10.0. The van der Waals surface area contributed by atoms with E-state index in [-0.39, 0.29) is 16.7 Å². The number of hydrogen-bond donors (Lipinski definition) is 3. The van der Waals surface area contributed by atoms with Crippen molar-refractivity contribution in [3.8, 4) is 5.75 Å². The highest BCUT2D eigenvalue weighted by atomic mass is 35.5. The second-order valence-electron chi connectivity index (χ2n) is 3.86. The van der Waals surface area contributed by atoms with Gasteiger partial charge in [0.2, 0.25) is 5.96 Å². The summed E-state index contributed by atoms with van der Waals surface area (Å²) in [4.78, 5) is 0. The highest BCUT2D eigenvalue weighted by Gasteiger charge is 2.09. The van der Waals surface area contributed by atoms with Crippen molar-refractivity contribution in [3.63, 3.8) is 0 Å². The van der Waals surface area contributed by atoms with Crippen LogP contribution in [0.5, 0.6) is 5.75 Å². The number of nitrogens with zero attached hydrogens (tertiary/aromatic N) is 2. The lowest BCUT2D eigenvalue weighted by Crippen LogP contribution is -2.21. The lowest BCUT2D eigenvalue weighted by Gasteiger charge is -2.09. The normalized spacial score (nSPS) is 11.1. The highest BCUT2D eigenvalue weighted by molar-refractivity contribution is 6.32. The van der Waals surface area contributed by atoms with E-state index < -0.39 is 0 Å². The predicted molar refractivity (Wildman–Crippen MR) is 70.6 cm³/mol. The van der Waals surface area contributed by atoms with Gasteiger partial charge in [0.15, 0.2) is 0 Å². The molecule has 0 radical (unpaired) electrons. The smallest absolute Gasteiger partial charge is 0.211 e. The van der Waals surface area contributed by atoms with Crippen molar-refractivity contribution in [2.45, 2.75) is 19.8 Å². The Balaban J connectivity index is 3.14. The molecule has 0 saturated heterocycles. The second kappa shape index (κ2) is 5.54. The molecular weight excluding hydrogens is 240 g/mol. The van der Waals surface area contributed by atoms with Gasteiger partial charge in [-0.2, -0.15) is 5.10 Å². The van der Waals surface area contributed by atoms with Gasteiger partial charge in [0, 0.05) is 5.56 Å². The van der Waals surface area contributed by atoms with Crippen LogP contribution >= 0.6 is 11.6 Å². The van der Waals surface area contributed by atoms with Gasteiger partial charge in [0.05, 0.1) is 11.2 Å². The van der Waals surface area contributed by atoms with E-state index in [2.05, 4.69) is 10.2 Å². The molecule has 5 N–H and O–H groups in total. The third-order valence-electron chi connectivity index (χ3n) is 2.15. The molecule has 17 heavy (non-hydrogen) atoms. The zero-order chi connectivity index (χ0) is 13.0. The van der Waals surface area contributed by atoms with E-state index in [1.807, 2.05) is 13.8 Å². The molecule has 0 heterocycles. The Morgan fingerprint density at radius 1 is 1.41 bits per heavy atom. The summed E-state index contributed by atoms with van der Waals surface area (Å²) in [6, 6.07) is 3.51. The molecule has 0 aliphatic carbocycles. The van der Waals surface area contributed by atoms with Crippen LogP contribution in [0.3, 0.4) is 0 Å². The topological polar surface area (TPSA) is 97.0 Å². The molecule has 0 unspecified atom stereocenters. The molecule has 5 nitrogen and oxygen atoms in total. The van der Waals surface area contributed by atoms with Crippen LogP contribution < -0.4 is 11.5 Å². The summed E-state index contributed by atoms with van der Waals surface area (Å²) in [6.45, 7) is 4.05. The average molecular weight is 255 g/mol. The number of nitrogens with two attached hydrogens (primary N) is 2. The van der Waals surface area contributed by atoms with Crippen LogP contribution in [0.25, 0.3) is 0 Å². The molecule has 0 bridgehead atoms. The molecule has 0 aliphatic heterocycles. The minimum atomic E-state index is -0.146. The number of benzene rings is 1. The molecule has 0 fully saturated rings. The predicted octanol–water partition coefficient (Wildman–Crippen LogP) is 1.78. The van der Waals surface area contributed by atoms with Crippen molar-refractivity contribution in [3.05, 3.63) is 28.3 Å². The molecule has 0 amide bonds. The van der Waals surface area contributed by atoms with E-state index in [1.165, 1.54) is 6.21 Å². The molecule has 1 aromatic rings. The molecule has 6 heteroatoms. The average Bonchev–Trinajstić information content (AvgIpc) is 2.23. The Hall–Kier alpha value is -1.75. The quantitative estimate of drug-likeness (QED) is 0.436. The van der Waals surface area contributed by atoms with Crippen LogP contribution in [0.1, 0.15) is 30.9 Å². The van der Waals surface area contributed by atoms with Gasteiger partial charge in [-0.05, 0) is 23.6 Å². The Morgan fingerprint density at radius 2 is 2.06 bits per heavy atom. The van der Waals surface area contributed by atoms with Crippen LogP contribution in [0.4, 0.5) is 0 Å². The summed E-state index contributed by atoms with van der Waals surface area (Å²) in [5.41, 5.74) is 11.7. The van der Waals surface area contributed by atoms with Crippen molar-refractivity contribution in [1.29, 1.82) is 0 Å². The summed E-state index contributed by atoms with van der Waals surface area (Å²) in [5.74, 6) is 0.112. The minimum absolute atomic E-state index is 0.0365. The van der Waals surface area contributed by atoms with Crippen molar-refractivity contribution in [2.75, 3.05) is 0 Å². The summed E-state index contributed by atoms with van der Waals surface area (Å²) in [5, 5.41) is 17.1. The Bertz CT molecular complexity index is 465. The number of rotatable bonds is 3. The third kappa shape index (κ3) is 3.64. The maximum atomic E-state index is 9.73. The molecule has 0 aliphatic rings. The van der Waals surface area contributed by atoms with Gasteiger partial charge in [-0.1, -0.05) is 25.4 Å². The Morgan fingerprint density at radius 3 is 2.59 bits per heavy atom. The first-order valence-corrected chi connectivity index (χ1v) is 5.44. The zero-order valence-electron chi connectivity index (χ0n) is 9.68. The molecule has 0 spiro atoms. The van der Waals surface area contributed by atoms with Gasteiger partial charge < -0.3 is 16.6 Å². The fourth-order valence-corrected chi connectivity index (χ4v) is 1.47. The van der Waals surface area contributed by atoms with E-state index in [4.69, 9.17) is 23.1 Å². The van der Waals surface area contributed by atoms with Crippen LogP contribution in [0, 0.1) is 0 Å². The van der Waals surface area contributed by atoms with Crippen molar-refractivity contribution < 1.29 is 5.11 Å². The second-order valence-corrected chi connectivity index (χ2v) is 4.27. The molecule has 1 aromatic carbocycles. The zero-order valence-corrected chi connectivity index (χ0v) is 10.4. The summed E-state index contributed by atoms with van der Waals surface area (Å²) >= 11 is 5.91. The van der Waals surface area contributed by atoms with Crippen LogP contribution in [0.2, 0.25) is 5.02 Å². The molecular formula is C11H15ClN4O. The van der Waals surface area contributed by atoms with Gasteiger partial charge in [-0.25, -0.2) is 0 Å². The molecule has 1 rings (SSSR count). The van der Waals surface area contributed by atoms with E-state index in [1.54, 1.807) is 12.1 Å². The highest BCUT2D eigenvalue weighted by Crippen LogP contribution is 2.30. The van der Waals surface area contributed by atoms with E-state index >= 15 is 0 Å². The summed E-state index contributed by atoms with van der Waals surface area (Å²) < 4.78 is 0. The first-order chi connectivity index (χ1) is 7.91. The van der Waals surface area contributed by atoms with Gasteiger partial charge in [0.25, 0.3) is 0 Å². The molecule has 0 saturated carbocycles. The fraction of sp³-hybridized carbons (Fsp3) is 0.273. The standard InChI is InChI=1S/C11H15ClN4O/c1-6(2)7-3-8(5-15-16-11(13)14)10(17)9(12)4-7/h3-6,17H,1-2H3,(H4,13,14,16). The lowest BCUT2D eigenvalue weighted by molar-refractivity contribution is 0.474. The fourth-order valence-electron chi connectivity index (χ4n) is 1.23. The van der Waals surface area contributed by atoms with Crippen LogP contribution in [0.15, 0.2) is 22.3 Å². The van der Waals surface area contributed by atoms with E-state index in [0.717, 1.165) is 5.56 Å². The first kappa shape index (κ1) is 13.3. The summed E-state index contributed by atoms with van der Waals surface area (Å²) in [6.07, 6.45) is 1.35. The van der Waals surface area contributed by atoms with Crippen molar-refractivity contribution >= 4 is 23.8 Å². The molecule has 92 valence electrons. The van der Waals surface area contributed by atoms with Crippen LogP contribution in [-0.4, -0.2) is 17.3 Å². The van der Waals surface area contributed by atoms with E-state index in [9.17, 15) is 5.11 Å². The summed E-state index contributed by atoms with van der Waals surface area (Å²) in [7, 11) is 0. The van der Waals surface area contributed by atoms with E-state index in [0.29, 0.717) is 11.5 Å². The van der Waals surface area contributed by atoms with Gasteiger partial charge >= 0.3 is 0 Å². The molecule has 0 atom stereocenters. The SMILES string of the molecule is CC(C)c1cc(Cl)c(O)c(C=NN=C(N)N)c1. The van der Waals surface area contributed by atoms with Crippen molar-refractivity contribution in [2.24, 2.45) is 21.7 Å². The number of phenolic OH excluding ortho intramolecular Hbond substituents is 1. The monoisotopic (exact) mass is 254 g/mol. The number of aromatic hydroxyl groups is 1. The number of halogens is 1. The largest absolute Gasteiger partial charge is 0.506 e. The maximum absolute atomic E-state index is 9.73. The minimum Gasteiger partial charge on any atom is -0.506 e. The van der Waals surface area contributed by atoms with Gasteiger partial charge in [0.1, 0.15) is 5.75 Å². The number of guanidine groups is 1. The van der Waals surface area contributed by atoms with Gasteiger partial charge in [-0.15, -0.1) is 5.10 Å². The Labute approximate surface area is 105 Å². The third-order valence-corrected chi connectivity index (χ3v) is 2.44. The van der Waals surface area contributed by atoms with Crippen LogP contribution in [-0.2, 0) is 0 Å².